The standard InChI is InChI=1S/C9H13ClSi.CH2OS/c1-11(2,3)9-6-4-5-8(10)7-9;2-1-3/h4-7H,1-3H3;1H,(H,2,3). The second-order valence-electron chi connectivity index (χ2n) is 3.87. The molecule has 0 spiro atoms. The normalized spacial score (nSPS) is 10.1. The van der Waals surface area contributed by atoms with Crippen LogP contribution < -0.4 is 5.19 Å². The van der Waals surface area contributed by atoms with Gasteiger partial charge in [-0.15, -0.1) is 12.6 Å². The molecule has 0 aliphatic rings. The van der Waals surface area contributed by atoms with Gasteiger partial charge in [-0.25, -0.2) is 0 Å². The molecule has 0 saturated heterocycles. The number of thiol groups is 1. The van der Waals surface area contributed by atoms with Crippen molar-refractivity contribution < 1.29 is 4.79 Å². The van der Waals surface area contributed by atoms with Gasteiger partial charge in [-0.2, -0.15) is 0 Å². The molecule has 0 heterocycles. The van der Waals surface area contributed by atoms with Crippen LogP contribution in [0.15, 0.2) is 24.3 Å². The van der Waals surface area contributed by atoms with E-state index >= 15 is 0 Å². The van der Waals surface area contributed by atoms with Crippen molar-refractivity contribution in [3.8, 4) is 0 Å². The molecule has 0 aliphatic heterocycles. The number of rotatable bonds is 1. The molecule has 1 rings (SSSR count). The van der Waals surface area contributed by atoms with Crippen LogP contribution in [0.5, 0.6) is 0 Å². The van der Waals surface area contributed by atoms with E-state index in [1.165, 1.54) is 5.19 Å². The monoisotopic (exact) mass is 246 g/mol. The molecule has 0 atom stereocenters. The molecule has 0 aromatic heterocycles. The number of benzene rings is 1. The van der Waals surface area contributed by atoms with Crippen LogP contribution >= 0.6 is 24.2 Å². The Morgan fingerprint density at radius 2 is 1.86 bits per heavy atom. The zero-order valence-electron chi connectivity index (χ0n) is 8.62. The van der Waals surface area contributed by atoms with Crippen molar-refractivity contribution in [1.82, 2.24) is 0 Å². The molecule has 0 fully saturated rings. The Morgan fingerprint density at radius 1 is 1.36 bits per heavy atom. The van der Waals surface area contributed by atoms with Crippen LogP contribution in [0, 0.1) is 0 Å². The summed E-state index contributed by atoms with van der Waals surface area (Å²) in [6.45, 7) is 6.95. The van der Waals surface area contributed by atoms with Crippen LogP contribution in [0.4, 0.5) is 0 Å². The predicted molar refractivity (Wildman–Crippen MR) is 70.2 cm³/mol. The highest BCUT2D eigenvalue weighted by Crippen LogP contribution is 2.08. The van der Waals surface area contributed by atoms with Gasteiger partial charge in [0.15, 0.2) is 5.62 Å². The first-order valence-corrected chi connectivity index (χ1v) is 8.65. The van der Waals surface area contributed by atoms with E-state index in [2.05, 4.69) is 44.4 Å². The predicted octanol–water partition coefficient (Wildman–Crippen LogP) is 2.99. The summed E-state index contributed by atoms with van der Waals surface area (Å²) in [5.74, 6) is 0. The molecule has 1 aromatic rings. The van der Waals surface area contributed by atoms with Gasteiger partial charge in [0.1, 0.15) is 0 Å². The second kappa shape index (κ2) is 6.27. The Labute approximate surface area is 96.9 Å². The van der Waals surface area contributed by atoms with Crippen molar-refractivity contribution in [3.05, 3.63) is 29.3 Å². The molecule has 78 valence electrons. The Morgan fingerprint density at radius 3 is 2.14 bits per heavy atom. The molecule has 0 bridgehead atoms. The molecular formula is C10H15ClOSSi. The number of hydrogen-bond acceptors (Lipinski definition) is 1. The van der Waals surface area contributed by atoms with Gasteiger partial charge in [0.25, 0.3) is 0 Å². The van der Waals surface area contributed by atoms with Crippen molar-refractivity contribution in [2.45, 2.75) is 19.6 Å². The zero-order valence-corrected chi connectivity index (χ0v) is 11.3. The van der Waals surface area contributed by atoms with Crippen molar-refractivity contribution in [2.75, 3.05) is 0 Å². The van der Waals surface area contributed by atoms with Crippen molar-refractivity contribution >= 4 is 43.1 Å². The molecule has 1 aromatic carbocycles. The molecular weight excluding hydrogens is 232 g/mol. The highest BCUT2D eigenvalue weighted by Gasteiger charge is 2.15. The van der Waals surface area contributed by atoms with E-state index in [1.54, 1.807) is 0 Å². The first-order chi connectivity index (χ1) is 6.41. The van der Waals surface area contributed by atoms with Crippen LogP contribution in [-0.2, 0) is 4.79 Å². The van der Waals surface area contributed by atoms with E-state index < -0.39 is 8.07 Å². The summed E-state index contributed by atoms with van der Waals surface area (Å²) in [5.41, 5.74) is 0.444. The Hall–Kier alpha value is -0.253. The fourth-order valence-corrected chi connectivity index (χ4v) is 2.42. The summed E-state index contributed by atoms with van der Waals surface area (Å²) in [5, 5.41) is 2.27. The van der Waals surface area contributed by atoms with Gasteiger partial charge in [0.2, 0.25) is 0 Å². The quantitative estimate of drug-likeness (QED) is 0.458. The van der Waals surface area contributed by atoms with E-state index in [4.69, 9.17) is 16.4 Å². The lowest BCUT2D eigenvalue weighted by Gasteiger charge is -2.16. The topological polar surface area (TPSA) is 17.1 Å². The van der Waals surface area contributed by atoms with Gasteiger partial charge in [-0.1, -0.05) is 48.6 Å². The Kier molecular flexibility index (Phi) is 6.16. The lowest BCUT2D eigenvalue weighted by Crippen LogP contribution is -2.37. The van der Waals surface area contributed by atoms with Crippen molar-refractivity contribution in [1.29, 1.82) is 0 Å². The maximum absolute atomic E-state index is 8.67. The number of carbonyl (C=O) groups is 1. The van der Waals surface area contributed by atoms with Crippen LogP contribution in [0.1, 0.15) is 0 Å². The maximum Gasteiger partial charge on any atom is 0.173 e. The molecule has 1 nitrogen and oxygen atoms in total. The van der Waals surface area contributed by atoms with Gasteiger partial charge in [0, 0.05) is 5.02 Å². The maximum atomic E-state index is 8.67. The van der Waals surface area contributed by atoms with E-state index in [-0.39, 0.29) is 0 Å². The first kappa shape index (κ1) is 13.7. The van der Waals surface area contributed by atoms with E-state index in [1.807, 2.05) is 12.1 Å². The summed E-state index contributed by atoms with van der Waals surface area (Å²) >= 11 is 8.98. The SMILES string of the molecule is C[Si](C)(C)c1cccc(Cl)c1.O=CS. The number of carbonyl (C=O) groups excluding carboxylic acids is 1. The minimum Gasteiger partial charge on any atom is -0.291 e. The Balaban J connectivity index is 0.000000500. The molecule has 0 amide bonds. The summed E-state index contributed by atoms with van der Waals surface area (Å²) in [6.07, 6.45) is 0. The fourth-order valence-electron chi connectivity index (χ4n) is 0.955. The fraction of sp³-hybridized carbons (Fsp3) is 0.300. The minimum atomic E-state index is -1.15. The summed E-state index contributed by atoms with van der Waals surface area (Å²) in [4.78, 5) is 8.67. The average molecular weight is 247 g/mol. The molecule has 0 aliphatic carbocycles. The average Bonchev–Trinajstić information content (AvgIpc) is 2.04. The first-order valence-electron chi connectivity index (χ1n) is 4.25. The number of hydrogen-bond donors (Lipinski definition) is 1. The van der Waals surface area contributed by atoms with Crippen LogP contribution in [-0.4, -0.2) is 13.7 Å². The molecule has 0 unspecified atom stereocenters. The van der Waals surface area contributed by atoms with Crippen LogP contribution in [0.3, 0.4) is 0 Å². The van der Waals surface area contributed by atoms with E-state index in [0.29, 0.717) is 5.62 Å². The summed E-state index contributed by atoms with van der Waals surface area (Å²) in [7, 11) is -1.15. The van der Waals surface area contributed by atoms with Gasteiger partial charge in [0.05, 0.1) is 8.07 Å². The number of halogens is 1. The van der Waals surface area contributed by atoms with Crippen LogP contribution in [0.25, 0.3) is 0 Å². The molecule has 0 saturated carbocycles. The van der Waals surface area contributed by atoms with Crippen molar-refractivity contribution in [2.24, 2.45) is 0 Å². The smallest absolute Gasteiger partial charge is 0.173 e. The van der Waals surface area contributed by atoms with Gasteiger partial charge in [-0.3, -0.25) is 4.79 Å². The van der Waals surface area contributed by atoms with Crippen molar-refractivity contribution in [3.63, 3.8) is 0 Å². The largest absolute Gasteiger partial charge is 0.291 e. The molecule has 0 N–H and O–H groups in total. The van der Waals surface area contributed by atoms with Gasteiger partial charge in [-0.05, 0) is 12.1 Å². The van der Waals surface area contributed by atoms with E-state index in [9.17, 15) is 0 Å². The third kappa shape index (κ3) is 5.47. The highest BCUT2D eigenvalue weighted by atomic mass is 35.5. The Bertz CT molecular complexity index is 296. The molecule has 14 heavy (non-hydrogen) atoms. The van der Waals surface area contributed by atoms with Gasteiger partial charge >= 0.3 is 0 Å². The third-order valence-electron chi connectivity index (χ3n) is 1.69. The third-order valence-corrected chi connectivity index (χ3v) is 3.97. The van der Waals surface area contributed by atoms with Gasteiger partial charge < -0.3 is 0 Å². The lowest BCUT2D eigenvalue weighted by atomic mass is 10.4. The minimum absolute atomic E-state index is 0.444. The summed E-state index contributed by atoms with van der Waals surface area (Å²) < 4.78 is 0. The zero-order chi connectivity index (χ0) is 11.2. The lowest BCUT2D eigenvalue weighted by molar-refractivity contribution is 0.570. The molecule has 4 heteroatoms. The van der Waals surface area contributed by atoms with Crippen LogP contribution in [0.2, 0.25) is 24.7 Å². The molecule has 0 radical (unpaired) electrons. The second-order valence-corrected chi connectivity index (χ2v) is 9.59. The highest BCUT2D eigenvalue weighted by molar-refractivity contribution is 7.94. The summed E-state index contributed by atoms with van der Waals surface area (Å²) in [6, 6.07) is 8.19. The van der Waals surface area contributed by atoms with E-state index in [0.717, 1.165) is 5.02 Å².